The Bertz CT molecular complexity index is 464. The minimum absolute atomic E-state index is 0.00394. The molecule has 1 saturated carbocycles. The third-order valence-electron chi connectivity index (χ3n) is 4.70. The van der Waals surface area contributed by atoms with Gasteiger partial charge >= 0.3 is 5.97 Å². The summed E-state index contributed by atoms with van der Waals surface area (Å²) in [6.45, 7) is 2.43. The van der Waals surface area contributed by atoms with Gasteiger partial charge in [0.05, 0.1) is 26.1 Å². The normalized spacial score (nSPS) is 20.6. The van der Waals surface area contributed by atoms with E-state index in [0.29, 0.717) is 26.2 Å². The van der Waals surface area contributed by atoms with Crippen molar-refractivity contribution in [1.82, 2.24) is 9.80 Å². The van der Waals surface area contributed by atoms with Crippen LogP contribution in [0.3, 0.4) is 0 Å². The molecule has 0 aromatic rings. The predicted octanol–water partition coefficient (Wildman–Crippen LogP) is 0.673. The first-order valence-electron chi connectivity index (χ1n) is 8.70. The highest BCUT2D eigenvalue weighted by Gasteiger charge is 2.37. The highest BCUT2D eigenvalue weighted by atomic mass is 16.5. The highest BCUT2D eigenvalue weighted by Crippen LogP contribution is 2.32. The van der Waals surface area contributed by atoms with E-state index in [1.165, 1.54) is 7.11 Å². The summed E-state index contributed by atoms with van der Waals surface area (Å²) in [5.41, 5.74) is 0. The molecule has 0 radical (unpaired) electrons. The number of nitrogens with zero attached hydrogens (tertiary/aromatic N) is 2. The number of carbonyl (C=O) groups excluding carboxylic acids is 3. The van der Waals surface area contributed by atoms with Crippen LogP contribution >= 0.6 is 0 Å². The number of amides is 2. The van der Waals surface area contributed by atoms with Crippen molar-refractivity contribution in [2.24, 2.45) is 11.8 Å². The van der Waals surface area contributed by atoms with E-state index in [1.54, 1.807) is 12.0 Å². The lowest BCUT2D eigenvalue weighted by Gasteiger charge is -2.35. The quantitative estimate of drug-likeness (QED) is 0.607. The molecule has 0 aromatic heterocycles. The molecular weight excluding hydrogens is 312 g/mol. The van der Waals surface area contributed by atoms with Crippen LogP contribution in [0.15, 0.2) is 0 Å². The Morgan fingerprint density at radius 2 is 1.83 bits per heavy atom. The van der Waals surface area contributed by atoms with Gasteiger partial charge in [0, 0.05) is 39.2 Å². The van der Waals surface area contributed by atoms with Crippen LogP contribution in [-0.4, -0.2) is 74.6 Å². The third-order valence-corrected chi connectivity index (χ3v) is 4.70. The summed E-state index contributed by atoms with van der Waals surface area (Å²) < 4.78 is 9.72. The second-order valence-corrected chi connectivity index (χ2v) is 6.54. The van der Waals surface area contributed by atoms with Crippen LogP contribution in [-0.2, 0) is 23.9 Å². The molecular formula is C17H28N2O5. The molecule has 1 heterocycles. The third kappa shape index (κ3) is 5.19. The van der Waals surface area contributed by atoms with Gasteiger partial charge in [-0.1, -0.05) is 0 Å². The molecule has 0 N–H and O–H groups in total. The lowest BCUT2D eigenvalue weighted by Crippen LogP contribution is -2.48. The molecule has 1 atom stereocenters. The molecule has 2 amide bonds. The molecule has 1 saturated heterocycles. The number of hydrogen-bond donors (Lipinski definition) is 0. The van der Waals surface area contributed by atoms with Gasteiger partial charge in [0.25, 0.3) is 0 Å². The Morgan fingerprint density at radius 1 is 1.08 bits per heavy atom. The second kappa shape index (κ2) is 9.01. The minimum atomic E-state index is -0.334. The Balaban J connectivity index is 1.92. The summed E-state index contributed by atoms with van der Waals surface area (Å²) in [5.74, 6) is -0.132. The fourth-order valence-electron chi connectivity index (χ4n) is 3.09. The fraction of sp³-hybridized carbons (Fsp3) is 0.824. The van der Waals surface area contributed by atoms with Crippen molar-refractivity contribution in [2.75, 3.05) is 47.0 Å². The molecule has 7 nitrogen and oxygen atoms in total. The molecule has 2 rings (SSSR count). The van der Waals surface area contributed by atoms with E-state index >= 15 is 0 Å². The van der Waals surface area contributed by atoms with Gasteiger partial charge < -0.3 is 19.3 Å². The second-order valence-electron chi connectivity index (χ2n) is 6.54. The van der Waals surface area contributed by atoms with E-state index in [0.717, 1.165) is 32.2 Å². The van der Waals surface area contributed by atoms with Crippen molar-refractivity contribution in [3.63, 3.8) is 0 Å². The van der Waals surface area contributed by atoms with Crippen LogP contribution in [0.5, 0.6) is 0 Å². The predicted molar refractivity (Wildman–Crippen MR) is 87.1 cm³/mol. The number of rotatable bonds is 8. The van der Waals surface area contributed by atoms with Gasteiger partial charge in [-0.05, 0) is 25.7 Å². The van der Waals surface area contributed by atoms with Crippen LogP contribution in [0, 0.1) is 11.8 Å². The molecule has 2 fully saturated rings. The van der Waals surface area contributed by atoms with Crippen molar-refractivity contribution in [2.45, 2.75) is 32.1 Å². The first-order chi connectivity index (χ1) is 11.6. The maximum absolute atomic E-state index is 12.8. The zero-order chi connectivity index (χ0) is 17.5. The lowest BCUT2D eigenvalue weighted by atomic mass is 9.96. The number of esters is 1. The van der Waals surface area contributed by atoms with Crippen LogP contribution < -0.4 is 0 Å². The summed E-state index contributed by atoms with van der Waals surface area (Å²) in [7, 11) is 2.92. The van der Waals surface area contributed by atoms with Crippen molar-refractivity contribution < 1.29 is 23.9 Å². The number of ether oxygens (including phenoxy) is 2. The summed E-state index contributed by atoms with van der Waals surface area (Å²) in [6, 6.07) is 0. The van der Waals surface area contributed by atoms with Gasteiger partial charge in [0.1, 0.15) is 0 Å². The maximum Gasteiger partial charge on any atom is 0.307 e. The number of piperidine rings is 1. The number of carbonyl (C=O) groups is 3. The molecule has 136 valence electrons. The van der Waals surface area contributed by atoms with E-state index in [4.69, 9.17) is 4.74 Å². The Morgan fingerprint density at radius 3 is 2.46 bits per heavy atom. The fourth-order valence-corrected chi connectivity index (χ4v) is 3.09. The van der Waals surface area contributed by atoms with Crippen molar-refractivity contribution in [3.05, 3.63) is 0 Å². The largest absolute Gasteiger partial charge is 0.469 e. The van der Waals surface area contributed by atoms with Crippen LogP contribution in [0.2, 0.25) is 0 Å². The van der Waals surface area contributed by atoms with Gasteiger partial charge in [0.15, 0.2) is 0 Å². The lowest BCUT2D eigenvalue weighted by molar-refractivity contribution is -0.144. The van der Waals surface area contributed by atoms with Gasteiger partial charge in [0.2, 0.25) is 11.8 Å². The Labute approximate surface area is 143 Å². The maximum atomic E-state index is 12.8. The van der Waals surface area contributed by atoms with Crippen LogP contribution in [0.4, 0.5) is 0 Å². The molecule has 24 heavy (non-hydrogen) atoms. The summed E-state index contributed by atoms with van der Waals surface area (Å²) in [4.78, 5) is 40.0. The Kier molecular flexibility index (Phi) is 7.02. The summed E-state index contributed by atoms with van der Waals surface area (Å²) in [6.07, 6.45) is 3.77. The van der Waals surface area contributed by atoms with Crippen LogP contribution in [0.25, 0.3) is 0 Å². The zero-order valence-electron chi connectivity index (χ0n) is 14.7. The minimum Gasteiger partial charge on any atom is -0.469 e. The SMILES string of the molecule is COCCN(CCC(=O)OC)C(=O)[C@@H]1CCCN(C(=O)C2CC2)C1. The summed E-state index contributed by atoms with van der Waals surface area (Å²) in [5, 5.41) is 0. The summed E-state index contributed by atoms with van der Waals surface area (Å²) >= 11 is 0. The van der Waals surface area contributed by atoms with E-state index in [-0.39, 0.29) is 36.0 Å². The monoisotopic (exact) mass is 340 g/mol. The van der Waals surface area contributed by atoms with Crippen molar-refractivity contribution >= 4 is 17.8 Å². The highest BCUT2D eigenvalue weighted by molar-refractivity contribution is 5.84. The number of likely N-dealkylation sites (tertiary alicyclic amines) is 1. The molecule has 0 unspecified atom stereocenters. The molecule has 0 bridgehead atoms. The van der Waals surface area contributed by atoms with E-state index in [2.05, 4.69) is 4.74 Å². The topological polar surface area (TPSA) is 76.2 Å². The van der Waals surface area contributed by atoms with Crippen LogP contribution in [0.1, 0.15) is 32.1 Å². The molecule has 0 aromatic carbocycles. The zero-order valence-corrected chi connectivity index (χ0v) is 14.7. The van der Waals surface area contributed by atoms with Gasteiger partial charge in [-0.25, -0.2) is 0 Å². The number of hydrogen-bond acceptors (Lipinski definition) is 5. The van der Waals surface area contributed by atoms with E-state index in [1.807, 2.05) is 4.90 Å². The van der Waals surface area contributed by atoms with Gasteiger partial charge in [-0.3, -0.25) is 14.4 Å². The molecule has 1 aliphatic carbocycles. The van der Waals surface area contributed by atoms with Gasteiger partial charge in [-0.15, -0.1) is 0 Å². The molecule has 2 aliphatic rings. The van der Waals surface area contributed by atoms with E-state index < -0.39 is 0 Å². The Hall–Kier alpha value is -1.63. The average molecular weight is 340 g/mol. The first-order valence-corrected chi connectivity index (χ1v) is 8.70. The molecule has 1 aliphatic heterocycles. The van der Waals surface area contributed by atoms with Crippen molar-refractivity contribution in [1.29, 1.82) is 0 Å². The van der Waals surface area contributed by atoms with Crippen molar-refractivity contribution in [3.8, 4) is 0 Å². The van der Waals surface area contributed by atoms with E-state index in [9.17, 15) is 14.4 Å². The van der Waals surface area contributed by atoms with Gasteiger partial charge in [-0.2, -0.15) is 0 Å². The molecule has 7 heteroatoms. The number of methoxy groups -OCH3 is 2. The molecule has 0 spiro atoms. The standard InChI is InChI=1S/C17H28N2O5/c1-23-11-10-18(9-7-15(20)24-2)17(22)14-4-3-8-19(12-14)16(21)13-5-6-13/h13-14H,3-12H2,1-2H3/t14-/m1/s1. The first kappa shape index (κ1) is 18.7. The smallest absolute Gasteiger partial charge is 0.307 e. The average Bonchev–Trinajstić information content (AvgIpc) is 3.45.